The number of carbonyl (C=O) groups is 4. The quantitative estimate of drug-likeness (QED) is 0.242. The number of likely N-dealkylation sites (tertiary alicyclic amines) is 1. The standard InChI is InChI=1S/C21H35IN2O5/c1-14(2)15-13-18(27)24(19(15)28)11-7-17(26)23-20(3,4)9-10-21(5,6)29-12-8-16(22)25/h14-15H,7-13H2,1-6H3,(H,23,26). The number of hydrogen-bond acceptors (Lipinski definition) is 5. The lowest BCUT2D eigenvalue weighted by Crippen LogP contribution is -2.46. The number of nitrogens with one attached hydrogen (secondary N) is 1. The van der Waals surface area contributed by atoms with E-state index in [0.29, 0.717) is 19.4 Å². The number of rotatable bonds is 12. The fourth-order valence-corrected chi connectivity index (χ4v) is 3.49. The van der Waals surface area contributed by atoms with Crippen molar-refractivity contribution in [3.8, 4) is 0 Å². The summed E-state index contributed by atoms with van der Waals surface area (Å²) in [5.41, 5.74) is -0.843. The molecule has 0 aliphatic carbocycles. The van der Waals surface area contributed by atoms with Crippen LogP contribution in [0.4, 0.5) is 0 Å². The van der Waals surface area contributed by atoms with Crippen LogP contribution in [0, 0.1) is 11.8 Å². The molecule has 7 nitrogen and oxygen atoms in total. The molecule has 1 aliphatic rings. The van der Waals surface area contributed by atoms with Gasteiger partial charge in [0.15, 0.2) is 3.79 Å². The lowest BCUT2D eigenvalue weighted by atomic mass is 9.91. The van der Waals surface area contributed by atoms with Gasteiger partial charge in [0.25, 0.3) is 0 Å². The maximum absolute atomic E-state index is 12.4. The van der Waals surface area contributed by atoms with Gasteiger partial charge in [-0.25, -0.2) is 0 Å². The van der Waals surface area contributed by atoms with Crippen molar-refractivity contribution in [3.63, 3.8) is 0 Å². The Morgan fingerprint density at radius 1 is 1.17 bits per heavy atom. The average Bonchev–Trinajstić information content (AvgIpc) is 2.85. The van der Waals surface area contributed by atoms with Gasteiger partial charge in [0.05, 0.1) is 12.2 Å². The maximum atomic E-state index is 12.4. The van der Waals surface area contributed by atoms with E-state index in [4.69, 9.17) is 4.74 Å². The van der Waals surface area contributed by atoms with Crippen LogP contribution in [0.25, 0.3) is 0 Å². The van der Waals surface area contributed by atoms with Gasteiger partial charge in [0.1, 0.15) is 0 Å². The summed E-state index contributed by atoms with van der Waals surface area (Å²) >= 11 is 1.76. The van der Waals surface area contributed by atoms with Crippen LogP contribution in [0.2, 0.25) is 0 Å². The molecule has 29 heavy (non-hydrogen) atoms. The molecule has 1 N–H and O–H groups in total. The second-order valence-electron chi connectivity index (χ2n) is 9.33. The highest BCUT2D eigenvalue weighted by Gasteiger charge is 2.40. The van der Waals surface area contributed by atoms with Gasteiger partial charge in [0.2, 0.25) is 17.7 Å². The Balaban J connectivity index is 2.45. The van der Waals surface area contributed by atoms with Gasteiger partial charge in [0, 0.05) is 37.3 Å². The number of hydrogen-bond donors (Lipinski definition) is 1. The predicted molar refractivity (Wildman–Crippen MR) is 119 cm³/mol. The molecule has 0 bridgehead atoms. The molecule has 1 heterocycles. The molecule has 0 saturated carbocycles. The van der Waals surface area contributed by atoms with Crippen LogP contribution in [0.3, 0.4) is 0 Å². The van der Waals surface area contributed by atoms with Gasteiger partial charge < -0.3 is 10.1 Å². The summed E-state index contributed by atoms with van der Waals surface area (Å²) in [5.74, 6) is -0.695. The Bertz CT molecular complexity index is 631. The van der Waals surface area contributed by atoms with E-state index in [-0.39, 0.29) is 52.7 Å². The Kier molecular flexibility index (Phi) is 9.72. The minimum absolute atomic E-state index is 0.0701. The van der Waals surface area contributed by atoms with Crippen LogP contribution in [0.5, 0.6) is 0 Å². The van der Waals surface area contributed by atoms with E-state index in [0.717, 1.165) is 6.42 Å². The normalized spacial score (nSPS) is 17.9. The molecular weight excluding hydrogens is 487 g/mol. The highest BCUT2D eigenvalue weighted by molar-refractivity contribution is 14.1. The van der Waals surface area contributed by atoms with Crippen LogP contribution in [-0.2, 0) is 23.9 Å². The van der Waals surface area contributed by atoms with Crippen molar-refractivity contribution in [1.29, 1.82) is 0 Å². The monoisotopic (exact) mass is 522 g/mol. The largest absolute Gasteiger partial charge is 0.375 e. The molecule has 1 atom stereocenters. The highest BCUT2D eigenvalue weighted by Crippen LogP contribution is 2.26. The van der Waals surface area contributed by atoms with Crippen LogP contribution in [-0.4, -0.2) is 50.7 Å². The fraction of sp³-hybridized carbons (Fsp3) is 0.810. The van der Waals surface area contributed by atoms with E-state index in [1.54, 1.807) is 22.6 Å². The minimum Gasteiger partial charge on any atom is -0.375 e. The van der Waals surface area contributed by atoms with Gasteiger partial charge in [-0.15, -0.1) is 0 Å². The average molecular weight is 522 g/mol. The first kappa shape index (κ1) is 26.0. The van der Waals surface area contributed by atoms with E-state index in [1.807, 2.05) is 41.5 Å². The molecule has 0 spiro atoms. The smallest absolute Gasteiger partial charge is 0.233 e. The van der Waals surface area contributed by atoms with Gasteiger partial charge in [-0.3, -0.25) is 24.1 Å². The van der Waals surface area contributed by atoms with Crippen molar-refractivity contribution in [1.82, 2.24) is 10.2 Å². The first-order valence-corrected chi connectivity index (χ1v) is 11.3. The Labute approximate surface area is 187 Å². The third-order valence-electron chi connectivity index (χ3n) is 5.27. The number of ether oxygens (including phenoxy) is 1. The van der Waals surface area contributed by atoms with Gasteiger partial charge in [-0.1, -0.05) is 13.8 Å². The minimum atomic E-state index is -0.448. The van der Waals surface area contributed by atoms with Crippen molar-refractivity contribution in [2.45, 2.75) is 84.8 Å². The summed E-state index contributed by atoms with van der Waals surface area (Å²) in [4.78, 5) is 49.1. The Morgan fingerprint density at radius 3 is 2.31 bits per heavy atom. The number of halogens is 1. The van der Waals surface area contributed by atoms with Gasteiger partial charge in [-0.05, 0) is 69.0 Å². The predicted octanol–water partition coefficient (Wildman–Crippen LogP) is 3.23. The summed E-state index contributed by atoms with van der Waals surface area (Å²) in [5, 5.41) is 2.99. The van der Waals surface area contributed by atoms with Crippen molar-refractivity contribution < 1.29 is 23.9 Å². The molecule has 1 fully saturated rings. The second kappa shape index (κ2) is 10.8. The van der Waals surface area contributed by atoms with E-state index < -0.39 is 11.1 Å². The zero-order valence-electron chi connectivity index (χ0n) is 18.5. The lowest BCUT2D eigenvalue weighted by Gasteiger charge is -2.32. The van der Waals surface area contributed by atoms with Crippen molar-refractivity contribution in [3.05, 3.63) is 0 Å². The number of imide groups is 1. The molecule has 0 radical (unpaired) electrons. The van der Waals surface area contributed by atoms with Crippen LogP contribution in [0.15, 0.2) is 0 Å². The second-order valence-corrected chi connectivity index (χ2v) is 10.5. The van der Waals surface area contributed by atoms with Crippen LogP contribution >= 0.6 is 22.6 Å². The number of amides is 3. The van der Waals surface area contributed by atoms with Crippen LogP contribution < -0.4 is 5.32 Å². The first-order valence-electron chi connectivity index (χ1n) is 10.2. The van der Waals surface area contributed by atoms with E-state index in [9.17, 15) is 19.2 Å². The fourth-order valence-electron chi connectivity index (χ4n) is 3.27. The molecule has 3 amide bonds. The molecular formula is C21H35IN2O5. The van der Waals surface area contributed by atoms with Crippen molar-refractivity contribution in [2.24, 2.45) is 11.8 Å². The van der Waals surface area contributed by atoms with E-state index in [1.165, 1.54) is 4.90 Å². The Morgan fingerprint density at radius 2 is 1.79 bits per heavy atom. The SMILES string of the molecule is CC(C)C1CC(=O)N(CCC(=O)NC(C)(C)CCC(C)(C)OCCC(=O)I)C1=O. The molecule has 0 aromatic heterocycles. The molecule has 0 aromatic carbocycles. The molecule has 1 rings (SSSR count). The highest BCUT2D eigenvalue weighted by atomic mass is 127. The van der Waals surface area contributed by atoms with Crippen molar-refractivity contribution in [2.75, 3.05) is 13.2 Å². The van der Waals surface area contributed by atoms with Crippen molar-refractivity contribution >= 4 is 44.1 Å². The zero-order chi connectivity index (χ0) is 22.4. The van der Waals surface area contributed by atoms with E-state index >= 15 is 0 Å². The summed E-state index contributed by atoms with van der Waals surface area (Å²) < 4.78 is 5.86. The molecule has 0 aromatic rings. The summed E-state index contributed by atoms with van der Waals surface area (Å²) in [6.45, 7) is 12.2. The molecule has 1 aliphatic heterocycles. The maximum Gasteiger partial charge on any atom is 0.233 e. The summed E-state index contributed by atoms with van der Waals surface area (Å²) in [6.07, 6.45) is 2.14. The Hall–Kier alpha value is -1.03. The lowest BCUT2D eigenvalue weighted by molar-refractivity contribution is -0.140. The molecule has 166 valence electrons. The number of nitrogens with zero attached hydrogens (tertiary/aromatic N) is 1. The summed E-state index contributed by atoms with van der Waals surface area (Å²) in [7, 11) is 0. The molecule has 1 unspecified atom stereocenters. The van der Waals surface area contributed by atoms with Crippen LogP contribution in [0.1, 0.15) is 73.6 Å². The third-order valence-corrected chi connectivity index (χ3v) is 5.81. The first-order chi connectivity index (χ1) is 13.2. The van der Waals surface area contributed by atoms with Gasteiger partial charge in [-0.2, -0.15) is 0 Å². The topological polar surface area (TPSA) is 92.8 Å². The van der Waals surface area contributed by atoms with Gasteiger partial charge >= 0.3 is 0 Å². The molecule has 8 heteroatoms. The number of carbonyl (C=O) groups excluding carboxylic acids is 4. The third kappa shape index (κ3) is 9.11. The molecule has 1 saturated heterocycles. The zero-order valence-corrected chi connectivity index (χ0v) is 20.6. The summed E-state index contributed by atoms with van der Waals surface area (Å²) in [6, 6.07) is 0. The van der Waals surface area contributed by atoms with E-state index in [2.05, 4.69) is 5.32 Å².